The fourth-order valence-electron chi connectivity index (χ4n) is 4.95. The average molecular weight is 568 g/mol. The van der Waals surface area contributed by atoms with Crippen molar-refractivity contribution in [3.8, 4) is 5.75 Å². The Kier molecular flexibility index (Phi) is 10.3. The van der Waals surface area contributed by atoms with Crippen LogP contribution in [0.5, 0.6) is 5.75 Å². The van der Waals surface area contributed by atoms with E-state index in [4.69, 9.17) is 27.9 Å². The molecule has 5 nitrogen and oxygen atoms in total. The Labute approximate surface area is 241 Å². The minimum absolute atomic E-state index is 0.0859. The molecule has 0 aliphatic heterocycles. The van der Waals surface area contributed by atoms with E-state index in [1.807, 2.05) is 54.6 Å². The van der Waals surface area contributed by atoms with Crippen LogP contribution in [0.4, 0.5) is 0 Å². The Balaban J connectivity index is 1.62. The lowest BCUT2D eigenvalue weighted by molar-refractivity contribution is -0.143. The van der Waals surface area contributed by atoms with Crippen LogP contribution in [-0.2, 0) is 22.6 Å². The first kappa shape index (κ1) is 29.0. The lowest BCUT2D eigenvalue weighted by Gasteiger charge is -2.32. The molecule has 1 aliphatic carbocycles. The van der Waals surface area contributed by atoms with Crippen LogP contribution in [0.1, 0.15) is 62.1 Å². The highest BCUT2D eigenvalue weighted by Gasteiger charge is 2.33. The molecule has 1 aliphatic rings. The van der Waals surface area contributed by atoms with Crippen LogP contribution < -0.4 is 10.1 Å². The molecule has 0 radical (unpaired) electrons. The second kappa shape index (κ2) is 13.9. The lowest BCUT2D eigenvalue weighted by Crippen LogP contribution is -2.53. The number of halogens is 2. The van der Waals surface area contributed by atoms with Crippen LogP contribution >= 0.6 is 23.2 Å². The molecule has 0 spiro atoms. The van der Waals surface area contributed by atoms with Gasteiger partial charge in [0.05, 0.1) is 0 Å². The smallest absolute Gasteiger partial charge is 0.261 e. The van der Waals surface area contributed by atoms with Gasteiger partial charge in [-0.15, -0.1) is 0 Å². The van der Waals surface area contributed by atoms with Crippen molar-refractivity contribution in [3.63, 3.8) is 0 Å². The molecule has 1 atom stereocenters. The highest BCUT2D eigenvalue weighted by molar-refractivity contribution is 6.36. The molecule has 0 bridgehead atoms. The lowest BCUT2D eigenvalue weighted by atomic mass is 10.0. The van der Waals surface area contributed by atoms with E-state index < -0.39 is 6.04 Å². The van der Waals surface area contributed by atoms with Crippen molar-refractivity contribution in [2.75, 3.05) is 6.61 Å². The summed E-state index contributed by atoms with van der Waals surface area (Å²) in [5, 5.41) is 4.09. The molecule has 206 valence electrons. The monoisotopic (exact) mass is 566 g/mol. The number of hydrogen-bond acceptors (Lipinski definition) is 3. The van der Waals surface area contributed by atoms with Crippen LogP contribution in [0.2, 0.25) is 10.0 Å². The first-order chi connectivity index (χ1) is 18.8. The maximum Gasteiger partial charge on any atom is 0.261 e. The summed E-state index contributed by atoms with van der Waals surface area (Å²) in [4.78, 5) is 29.2. The van der Waals surface area contributed by atoms with Gasteiger partial charge in [-0.05, 0) is 54.2 Å². The summed E-state index contributed by atoms with van der Waals surface area (Å²) in [5.41, 5.74) is 2.75. The van der Waals surface area contributed by atoms with Gasteiger partial charge < -0.3 is 15.0 Å². The van der Waals surface area contributed by atoms with E-state index in [-0.39, 0.29) is 31.0 Å². The topological polar surface area (TPSA) is 58.6 Å². The zero-order chi connectivity index (χ0) is 27.8. The predicted octanol–water partition coefficient (Wildman–Crippen LogP) is 7.19. The molecule has 4 rings (SSSR count). The molecule has 1 fully saturated rings. The predicted molar refractivity (Wildman–Crippen MR) is 157 cm³/mol. The van der Waals surface area contributed by atoms with Crippen LogP contribution in [0.25, 0.3) is 0 Å². The minimum atomic E-state index is -0.764. The van der Waals surface area contributed by atoms with Crippen molar-refractivity contribution in [1.29, 1.82) is 0 Å². The fourth-order valence-corrected chi connectivity index (χ4v) is 5.47. The van der Waals surface area contributed by atoms with Gasteiger partial charge in [0.15, 0.2) is 6.61 Å². The Morgan fingerprint density at radius 3 is 2.18 bits per heavy atom. The van der Waals surface area contributed by atoms with Gasteiger partial charge in [0.25, 0.3) is 5.91 Å². The average Bonchev–Trinajstić information content (AvgIpc) is 3.44. The van der Waals surface area contributed by atoms with E-state index in [0.29, 0.717) is 33.7 Å². The number of nitrogens with one attached hydrogen (secondary N) is 1. The Bertz CT molecular complexity index is 1220. The van der Waals surface area contributed by atoms with Crippen LogP contribution in [0.15, 0.2) is 72.8 Å². The molecule has 3 aromatic rings. The van der Waals surface area contributed by atoms with Crippen molar-refractivity contribution in [3.05, 3.63) is 99.5 Å². The molecule has 1 N–H and O–H groups in total. The molecule has 3 aromatic carbocycles. The summed E-state index contributed by atoms with van der Waals surface area (Å²) >= 11 is 13.0. The molecule has 2 amide bonds. The van der Waals surface area contributed by atoms with Crippen LogP contribution in [0, 0.1) is 0 Å². The van der Waals surface area contributed by atoms with Gasteiger partial charge in [0.2, 0.25) is 5.91 Å². The number of nitrogens with zero attached hydrogens (tertiary/aromatic N) is 1. The van der Waals surface area contributed by atoms with E-state index >= 15 is 0 Å². The second-order valence-electron chi connectivity index (χ2n) is 10.4. The number of hydrogen-bond donors (Lipinski definition) is 1. The number of carbonyl (C=O) groups is 2. The van der Waals surface area contributed by atoms with Gasteiger partial charge in [-0.3, -0.25) is 9.59 Å². The third-order valence-corrected chi connectivity index (χ3v) is 7.98. The van der Waals surface area contributed by atoms with Gasteiger partial charge in [0, 0.05) is 34.6 Å². The Hall–Kier alpha value is -3.02. The third-order valence-electron chi connectivity index (χ3n) is 7.27. The maximum atomic E-state index is 13.8. The minimum Gasteiger partial charge on any atom is -0.484 e. The molecule has 1 saturated carbocycles. The molecule has 0 heterocycles. The molecule has 39 heavy (non-hydrogen) atoms. The molecule has 1 unspecified atom stereocenters. The zero-order valence-corrected chi connectivity index (χ0v) is 24.0. The summed E-state index contributed by atoms with van der Waals surface area (Å²) in [6.07, 6.45) is 4.44. The number of rotatable bonds is 11. The van der Waals surface area contributed by atoms with Gasteiger partial charge in [0.1, 0.15) is 11.8 Å². The highest BCUT2D eigenvalue weighted by atomic mass is 35.5. The number of ether oxygens (including phenoxy) is 1. The fraction of sp³-hybridized carbons (Fsp3) is 0.375. The van der Waals surface area contributed by atoms with Crippen molar-refractivity contribution in [2.24, 2.45) is 0 Å². The molecule has 0 aromatic heterocycles. The Morgan fingerprint density at radius 2 is 1.56 bits per heavy atom. The Morgan fingerprint density at radius 1 is 0.923 bits per heavy atom. The van der Waals surface area contributed by atoms with Crippen LogP contribution in [0.3, 0.4) is 0 Å². The molecular formula is C32H36Cl2N2O3. The summed E-state index contributed by atoms with van der Waals surface area (Å²) in [5.74, 6) is 0.497. The van der Waals surface area contributed by atoms with Gasteiger partial charge in [-0.1, -0.05) is 98.4 Å². The second-order valence-corrected chi connectivity index (χ2v) is 11.2. The quantitative estimate of drug-likeness (QED) is 0.267. The summed E-state index contributed by atoms with van der Waals surface area (Å²) in [6.45, 7) is 4.12. The first-order valence-corrected chi connectivity index (χ1v) is 14.4. The van der Waals surface area contributed by atoms with E-state index in [0.717, 1.165) is 31.2 Å². The van der Waals surface area contributed by atoms with E-state index in [2.05, 4.69) is 19.2 Å². The molecule has 0 saturated heterocycles. The van der Waals surface area contributed by atoms with Crippen molar-refractivity contribution in [1.82, 2.24) is 10.2 Å². The van der Waals surface area contributed by atoms with Gasteiger partial charge in [-0.2, -0.15) is 0 Å². The molecule has 7 heteroatoms. The van der Waals surface area contributed by atoms with Crippen LogP contribution in [-0.4, -0.2) is 35.4 Å². The van der Waals surface area contributed by atoms with Gasteiger partial charge >= 0.3 is 0 Å². The van der Waals surface area contributed by atoms with E-state index in [9.17, 15) is 9.59 Å². The maximum absolute atomic E-state index is 13.8. The number of amides is 2. The van der Waals surface area contributed by atoms with Crippen molar-refractivity contribution < 1.29 is 14.3 Å². The first-order valence-electron chi connectivity index (χ1n) is 13.6. The highest BCUT2D eigenvalue weighted by Crippen LogP contribution is 2.28. The number of carbonyl (C=O) groups excluding carboxylic acids is 2. The standard InChI is InChI=1S/C32H36Cl2N2O3/c1-22(2)24-15-17-26(18-16-24)39-21-31(37)36(20-27-28(33)13-8-14-29(27)34)30(19-23-9-4-3-5-10-23)32(38)35-25-11-6-7-12-25/h3-5,8-10,13-18,22,25,30H,6-7,11-12,19-21H2,1-2H3,(H,35,38). The van der Waals surface area contributed by atoms with Crippen molar-refractivity contribution in [2.45, 2.75) is 70.5 Å². The summed E-state index contributed by atoms with van der Waals surface area (Å²) in [7, 11) is 0. The largest absolute Gasteiger partial charge is 0.484 e. The van der Waals surface area contributed by atoms with Gasteiger partial charge in [-0.25, -0.2) is 0 Å². The van der Waals surface area contributed by atoms with E-state index in [1.165, 1.54) is 5.56 Å². The molecular weight excluding hydrogens is 531 g/mol. The third kappa shape index (κ3) is 8.00. The normalized spacial score (nSPS) is 14.3. The number of benzene rings is 3. The summed E-state index contributed by atoms with van der Waals surface area (Å²) in [6, 6.07) is 22.1. The van der Waals surface area contributed by atoms with Crippen molar-refractivity contribution >= 4 is 35.0 Å². The zero-order valence-electron chi connectivity index (χ0n) is 22.5. The summed E-state index contributed by atoms with van der Waals surface area (Å²) < 4.78 is 5.91. The SMILES string of the molecule is CC(C)c1ccc(OCC(=O)N(Cc2c(Cl)cccc2Cl)C(Cc2ccccc2)C(=O)NC2CCCC2)cc1. The van der Waals surface area contributed by atoms with E-state index in [1.54, 1.807) is 23.1 Å².